The molecule has 1 saturated carbocycles. The van der Waals surface area contributed by atoms with Crippen LogP contribution in [0.15, 0.2) is 23.6 Å². The highest BCUT2D eigenvalue weighted by Gasteiger charge is 2.42. The van der Waals surface area contributed by atoms with E-state index in [4.69, 9.17) is 0 Å². The fourth-order valence-corrected chi connectivity index (χ4v) is 3.80. The lowest BCUT2D eigenvalue weighted by Crippen LogP contribution is -2.47. The predicted molar refractivity (Wildman–Crippen MR) is 81.4 cm³/mol. The molecule has 1 heterocycles. The highest BCUT2D eigenvalue weighted by atomic mass is 32.2. The van der Waals surface area contributed by atoms with Crippen molar-refractivity contribution in [1.29, 1.82) is 5.26 Å². The Morgan fingerprint density at radius 1 is 1.60 bits per heavy atom. The molecule has 2 atom stereocenters. The fourth-order valence-electron chi connectivity index (χ4n) is 2.91. The highest BCUT2D eigenvalue weighted by Crippen LogP contribution is 2.38. The van der Waals surface area contributed by atoms with Gasteiger partial charge in [0.2, 0.25) is 0 Å². The summed E-state index contributed by atoms with van der Waals surface area (Å²) < 4.78 is 0. The minimum Gasteiger partial charge on any atom is -0.299 e. The van der Waals surface area contributed by atoms with Crippen LogP contribution in [0.25, 0.3) is 0 Å². The van der Waals surface area contributed by atoms with Crippen molar-refractivity contribution in [2.75, 3.05) is 12.3 Å². The Morgan fingerprint density at radius 2 is 2.50 bits per heavy atom. The number of nitriles is 1. The summed E-state index contributed by atoms with van der Waals surface area (Å²) in [7, 11) is 0. The molecular weight excluding hydrogens is 268 g/mol. The molecule has 0 spiro atoms. The van der Waals surface area contributed by atoms with Crippen molar-refractivity contribution in [2.24, 2.45) is 5.92 Å². The van der Waals surface area contributed by atoms with E-state index in [0.717, 1.165) is 49.4 Å². The van der Waals surface area contributed by atoms with E-state index in [1.54, 1.807) is 24.3 Å². The zero-order chi connectivity index (χ0) is 14.3. The van der Waals surface area contributed by atoms with E-state index in [9.17, 15) is 5.26 Å². The van der Waals surface area contributed by atoms with Crippen molar-refractivity contribution < 1.29 is 0 Å². The van der Waals surface area contributed by atoms with Crippen LogP contribution in [0, 0.1) is 17.2 Å². The minimum atomic E-state index is -0.289. The van der Waals surface area contributed by atoms with Gasteiger partial charge in [0.25, 0.3) is 0 Å². The molecule has 1 aromatic rings. The Hall–Kier alpha value is -1.12. The molecule has 2 unspecified atom stereocenters. The van der Waals surface area contributed by atoms with Gasteiger partial charge >= 0.3 is 0 Å². The van der Waals surface area contributed by atoms with E-state index in [2.05, 4.69) is 28.3 Å². The predicted octanol–water partition coefficient (Wildman–Crippen LogP) is 3.02. The zero-order valence-corrected chi connectivity index (χ0v) is 12.8. The SMILES string of the molecule is CCCNC1(C#N)CCCC1CCSc1ccncn1. The summed E-state index contributed by atoms with van der Waals surface area (Å²) in [6, 6.07) is 4.50. The Kier molecular flexibility index (Phi) is 5.81. The van der Waals surface area contributed by atoms with E-state index in [1.165, 1.54) is 0 Å². The molecule has 1 N–H and O–H groups in total. The summed E-state index contributed by atoms with van der Waals surface area (Å²) in [4.78, 5) is 8.14. The van der Waals surface area contributed by atoms with Gasteiger partial charge in [-0.15, -0.1) is 11.8 Å². The lowest BCUT2D eigenvalue weighted by atomic mass is 9.86. The first-order valence-electron chi connectivity index (χ1n) is 7.36. The first-order chi connectivity index (χ1) is 9.80. The third kappa shape index (κ3) is 3.71. The summed E-state index contributed by atoms with van der Waals surface area (Å²) in [6.07, 6.45) is 8.81. The molecule has 0 amide bonds. The smallest absolute Gasteiger partial charge is 0.116 e. The van der Waals surface area contributed by atoms with Crippen LogP contribution < -0.4 is 5.32 Å². The molecule has 1 aliphatic rings. The highest BCUT2D eigenvalue weighted by molar-refractivity contribution is 7.99. The molecule has 0 aliphatic heterocycles. The molecule has 0 saturated heterocycles. The summed E-state index contributed by atoms with van der Waals surface area (Å²) in [5.74, 6) is 1.48. The molecule has 20 heavy (non-hydrogen) atoms. The monoisotopic (exact) mass is 290 g/mol. The van der Waals surface area contributed by atoms with Crippen LogP contribution in [0.4, 0.5) is 0 Å². The molecular formula is C15H22N4S. The quantitative estimate of drug-likeness (QED) is 0.618. The first-order valence-corrected chi connectivity index (χ1v) is 8.34. The largest absolute Gasteiger partial charge is 0.299 e. The molecule has 0 aromatic carbocycles. The normalized spacial score (nSPS) is 25.5. The van der Waals surface area contributed by atoms with Crippen molar-refractivity contribution in [1.82, 2.24) is 15.3 Å². The summed E-state index contributed by atoms with van der Waals surface area (Å²) in [5, 5.41) is 14.1. The van der Waals surface area contributed by atoms with E-state index in [-0.39, 0.29) is 5.54 Å². The molecule has 0 radical (unpaired) electrons. The van der Waals surface area contributed by atoms with Gasteiger partial charge in [-0.3, -0.25) is 5.32 Å². The fraction of sp³-hybridized carbons (Fsp3) is 0.667. The molecule has 4 nitrogen and oxygen atoms in total. The molecule has 0 bridgehead atoms. The van der Waals surface area contributed by atoms with Crippen LogP contribution in [0.3, 0.4) is 0 Å². The average Bonchev–Trinajstić information content (AvgIpc) is 2.90. The lowest BCUT2D eigenvalue weighted by Gasteiger charge is -2.29. The number of hydrogen-bond acceptors (Lipinski definition) is 5. The number of aromatic nitrogens is 2. The Labute approximate surface area is 125 Å². The number of nitrogens with one attached hydrogen (secondary N) is 1. The molecule has 2 rings (SSSR count). The van der Waals surface area contributed by atoms with Crippen molar-refractivity contribution >= 4 is 11.8 Å². The van der Waals surface area contributed by atoms with E-state index in [0.29, 0.717) is 5.92 Å². The average molecular weight is 290 g/mol. The van der Waals surface area contributed by atoms with Crippen LogP contribution in [-0.4, -0.2) is 27.8 Å². The first kappa shape index (κ1) is 15.3. The molecule has 1 fully saturated rings. The second-order valence-corrected chi connectivity index (χ2v) is 6.40. The third-order valence-electron chi connectivity index (χ3n) is 3.98. The standard InChI is InChI=1S/C15H22N4S/c1-2-8-19-15(11-16)7-3-4-13(15)6-10-20-14-5-9-17-12-18-14/h5,9,12-13,19H,2-4,6-8,10H2,1H3. The van der Waals surface area contributed by atoms with E-state index >= 15 is 0 Å². The number of hydrogen-bond donors (Lipinski definition) is 1. The van der Waals surface area contributed by atoms with Gasteiger partial charge in [0.1, 0.15) is 11.9 Å². The Balaban J connectivity index is 1.86. The second kappa shape index (κ2) is 7.61. The molecule has 5 heteroatoms. The third-order valence-corrected chi connectivity index (χ3v) is 4.96. The number of thioether (sulfide) groups is 1. The number of nitrogens with zero attached hydrogens (tertiary/aromatic N) is 3. The Bertz CT molecular complexity index is 445. The number of rotatable bonds is 7. The van der Waals surface area contributed by atoms with Crippen LogP contribution >= 0.6 is 11.8 Å². The molecule has 1 aromatic heterocycles. The zero-order valence-electron chi connectivity index (χ0n) is 12.0. The van der Waals surface area contributed by atoms with Crippen LogP contribution in [0.2, 0.25) is 0 Å². The van der Waals surface area contributed by atoms with Crippen LogP contribution in [-0.2, 0) is 0 Å². The lowest BCUT2D eigenvalue weighted by molar-refractivity contribution is 0.311. The maximum absolute atomic E-state index is 9.59. The van der Waals surface area contributed by atoms with Gasteiger partial charge in [-0.25, -0.2) is 9.97 Å². The van der Waals surface area contributed by atoms with Gasteiger partial charge in [0.15, 0.2) is 0 Å². The second-order valence-electron chi connectivity index (χ2n) is 5.28. The van der Waals surface area contributed by atoms with Crippen LogP contribution in [0.5, 0.6) is 0 Å². The minimum absolute atomic E-state index is 0.289. The van der Waals surface area contributed by atoms with Gasteiger partial charge < -0.3 is 0 Å². The Morgan fingerprint density at radius 3 is 3.20 bits per heavy atom. The van der Waals surface area contributed by atoms with Crippen LogP contribution in [0.1, 0.15) is 39.0 Å². The summed E-state index contributed by atoms with van der Waals surface area (Å²) >= 11 is 1.75. The maximum atomic E-state index is 9.59. The van der Waals surface area contributed by atoms with Gasteiger partial charge in [-0.05, 0) is 50.0 Å². The van der Waals surface area contributed by atoms with Gasteiger partial charge in [0, 0.05) is 6.20 Å². The summed E-state index contributed by atoms with van der Waals surface area (Å²) in [5.41, 5.74) is -0.289. The van der Waals surface area contributed by atoms with Gasteiger partial charge in [0.05, 0.1) is 11.1 Å². The molecule has 1 aliphatic carbocycles. The van der Waals surface area contributed by atoms with E-state index in [1.807, 2.05) is 6.07 Å². The van der Waals surface area contributed by atoms with Gasteiger partial charge in [-0.1, -0.05) is 13.3 Å². The topological polar surface area (TPSA) is 61.6 Å². The van der Waals surface area contributed by atoms with Crippen molar-refractivity contribution in [3.05, 3.63) is 18.6 Å². The maximum Gasteiger partial charge on any atom is 0.116 e. The van der Waals surface area contributed by atoms with Crippen molar-refractivity contribution in [3.63, 3.8) is 0 Å². The van der Waals surface area contributed by atoms with E-state index < -0.39 is 0 Å². The van der Waals surface area contributed by atoms with Crippen molar-refractivity contribution in [3.8, 4) is 6.07 Å². The summed E-state index contributed by atoms with van der Waals surface area (Å²) in [6.45, 7) is 3.08. The van der Waals surface area contributed by atoms with Crippen molar-refractivity contribution in [2.45, 2.75) is 49.6 Å². The van der Waals surface area contributed by atoms with Gasteiger partial charge in [-0.2, -0.15) is 5.26 Å². The molecule has 108 valence electrons.